The van der Waals surface area contributed by atoms with Gasteiger partial charge in [-0.25, -0.2) is 0 Å². The number of nitrogens with one attached hydrogen (secondary N) is 1. The first kappa shape index (κ1) is 25.6. The third-order valence-electron chi connectivity index (χ3n) is 4.99. The van der Waals surface area contributed by atoms with E-state index in [1.54, 1.807) is 19.3 Å². The summed E-state index contributed by atoms with van der Waals surface area (Å²) in [6, 6.07) is 23.1. The van der Waals surface area contributed by atoms with Crippen molar-refractivity contribution in [2.75, 3.05) is 13.7 Å². The molecule has 0 aliphatic carbocycles. The number of hydrogen-bond acceptors (Lipinski definition) is 4. The van der Waals surface area contributed by atoms with Crippen molar-refractivity contribution in [1.82, 2.24) is 5.32 Å². The van der Waals surface area contributed by atoms with Crippen molar-refractivity contribution in [3.63, 3.8) is 0 Å². The maximum Gasteiger partial charge on any atom is 0.261 e. The molecule has 0 heterocycles. The summed E-state index contributed by atoms with van der Waals surface area (Å²) in [6.45, 7) is 0.846. The number of benzene rings is 3. The SMILES string of the molecule is COc1cc(/C=C(\C#N)C(=O)NCCCc2ccccc2)cc(I)c1OCc1ccc(Cl)cc1. The number of carbonyl (C=O) groups excluding carboxylic acids is 1. The van der Waals surface area contributed by atoms with Gasteiger partial charge in [0.15, 0.2) is 11.5 Å². The van der Waals surface area contributed by atoms with Crippen LogP contribution < -0.4 is 14.8 Å². The molecule has 7 heteroatoms. The fourth-order valence-corrected chi connectivity index (χ4v) is 4.16. The number of carbonyl (C=O) groups is 1. The predicted molar refractivity (Wildman–Crippen MR) is 143 cm³/mol. The molecule has 34 heavy (non-hydrogen) atoms. The van der Waals surface area contributed by atoms with E-state index in [0.717, 1.165) is 22.0 Å². The number of halogens is 2. The van der Waals surface area contributed by atoms with E-state index in [4.69, 9.17) is 21.1 Å². The molecule has 0 spiro atoms. The number of nitriles is 1. The van der Waals surface area contributed by atoms with Gasteiger partial charge in [0.05, 0.1) is 10.7 Å². The number of methoxy groups -OCH3 is 1. The largest absolute Gasteiger partial charge is 0.493 e. The zero-order valence-corrected chi connectivity index (χ0v) is 21.6. The van der Waals surface area contributed by atoms with Crippen LogP contribution in [-0.2, 0) is 17.8 Å². The molecule has 0 atom stereocenters. The van der Waals surface area contributed by atoms with Crippen molar-refractivity contribution in [2.24, 2.45) is 0 Å². The summed E-state index contributed by atoms with van der Waals surface area (Å²) in [6.07, 6.45) is 3.21. The Morgan fingerprint density at radius 2 is 1.85 bits per heavy atom. The lowest BCUT2D eigenvalue weighted by molar-refractivity contribution is -0.117. The third-order valence-corrected chi connectivity index (χ3v) is 6.05. The van der Waals surface area contributed by atoms with Gasteiger partial charge >= 0.3 is 0 Å². The zero-order valence-electron chi connectivity index (χ0n) is 18.7. The molecule has 3 aromatic carbocycles. The Kier molecular flexibility index (Phi) is 9.80. The molecular weight excluding hydrogens is 563 g/mol. The van der Waals surface area contributed by atoms with Crippen molar-refractivity contribution >= 4 is 46.2 Å². The van der Waals surface area contributed by atoms with Crippen molar-refractivity contribution in [2.45, 2.75) is 19.4 Å². The highest BCUT2D eigenvalue weighted by Crippen LogP contribution is 2.35. The van der Waals surface area contributed by atoms with E-state index in [9.17, 15) is 10.1 Å². The molecule has 0 aliphatic heterocycles. The quantitative estimate of drug-likeness (QED) is 0.133. The average molecular weight is 587 g/mol. The summed E-state index contributed by atoms with van der Waals surface area (Å²) in [5.41, 5.74) is 2.90. The number of ether oxygens (including phenoxy) is 2. The van der Waals surface area contributed by atoms with Gasteiger partial charge in [-0.15, -0.1) is 0 Å². The minimum Gasteiger partial charge on any atom is -0.493 e. The van der Waals surface area contributed by atoms with Gasteiger partial charge in [0, 0.05) is 11.6 Å². The van der Waals surface area contributed by atoms with E-state index in [2.05, 4.69) is 40.0 Å². The van der Waals surface area contributed by atoms with Crippen LogP contribution in [0.25, 0.3) is 6.08 Å². The zero-order chi connectivity index (χ0) is 24.3. The molecule has 3 aromatic rings. The monoisotopic (exact) mass is 586 g/mol. The van der Waals surface area contributed by atoms with Crippen LogP contribution in [0.4, 0.5) is 0 Å². The molecule has 0 saturated heterocycles. The molecular formula is C27H24ClIN2O3. The highest BCUT2D eigenvalue weighted by Gasteiger charge is 2.14. The van der Waals surface area contributed by atoms with Crippen LogP contribution in [0.3, 0.4) is 0 Å². The van der Waals surface area contributed by atoms with Crippen LogP contribution in [0, 0.1) is 14.9 Å². The normalized spacial score (nSPS) is 10.9. The second kappa shape index (κ2) is 13.0. The molecule has 0 saturated carbocycles. The summed E-state index contributed by atoms with van der Waals surface area (Å²) in [7, 11) is 1.55. The van der Waals surface area contributed by atoms with E-state index in [0.29, 0.717) is 35.2 Å². The molecule has 0 radical (unpaired) electrons. The van der Waals surface area contributed by atoms with Crippen LogP contribution in [0.1, 0.15) is 23.1 Å². The minimum absolute atomic E-state index is 0.0346. The van der Waals surface area contributed by atoms with Crippen molar-refractivity contribution < 1.29 is 14.3 Å². The summed E-state index contributed by atoms with van der Waals surface area (Å²) in [5.74, 6) is 0.722. The van der Waals surface area contributed by atoms with Gasteiger partial charge in [0.1, 0.15) is 18.2 Å². The second-order valence-corrected chi connectivity index (χ2v) is 9.06. The molecule has 3 rings (SSSR count). The van der Waals surface area contributed by atoms with Crippen molar-refractivity contribution in [1.29, 1.82) is 5.26 Å². The van der Waals surface area contributed by atoms with E-state index < -0.39 is 5.91 Å². The maximum atomic E-state index is 12.5. The van der Waals surface area contributed by atoms with Gasteiger partial charge in [-0.2, -0.15) is 5.26 Å². The van der Waals surface area contributed by atoms with Crippen LogP contribution in [0.5, 0.6) is 11.5 Å². The highest BCUT2D eigenvalue weighted by molar-refractivity contribution is 14.1. The van der Waals surface area contributed by atoms with E-state index in [-0.39, 0.29) is 5.57 Å². The van der Waals surface area contributed by atoms with Crippen LogP contribution in [0.15, 0.2) is 72.3 Å². The van der Waals surface area contributed by atoms with Gasteiger partial charge in [-0.3, -0.25) is 4.79 Å². The number of amides is 1. The molecule has 5 nitrogen and oxygen atoms in total. The Morgan fingerprint density at radius 3 is 2.53 bits per heavy atom. The lowest BCUT2D eigenvalue weighted by Crippen LogP contribution is -2.25. The summed E-state index contributed by atoms with van der Waals surface area (Å²) in [4.78, 5) is 12.5. The number of nitrogens with zero attached hydrogens (tertiary/aromatic N) is 1. The van der Waals surface area contributed by atoms with Gasteiger partial charge in [-0.1, -0.05) is 54.1 Å². The van der Waals surface area contributed by atoms with Crippen LogP contribution in [0.2, 0.25) is 5.02 Å². The Morgan fingerprint density at radius 1 is 1.12 bits per heavy atom. The van der Waals surface area contributed by atoms with Gasteiger partial charge in [0.2, 0.25) is 0 Å². The standard InChI is InChI=1S/C27H24ClIN2O3/c1-33-25-16-21(15-24(29)26(25)34-18-20-9-11-23(28)12-10-20)14-22(17-30)27(32)31-13-5-8-19-6-3-2-4-7-19/h2-4,6-7,9-12,14-16H,5,8,13,18H2,1H3,(H,31,32)/b22-14+. The molecule has 0 aliphatic rings. The molecule has 0 unspecified atom stereocenters. The number of aryl methyl sites for hydroxylation is 1. The molecule has 1 amide bonds. The van der Waals surface area contributed by atoms with Crippen LogP contribution >= 0.6 is 34.2 Å². The molecule has 0 bridgehead atoms. The Bertz CT molecular complexity index is 1190. The van der Waals surface area contributed by atoms with Crippen LogP contribution in [-0.4, -0.2) is 19.6 Å². The first-order valence-corrected chi connectivity index (χ1v) is 12.1. The van der Waals surface area contributed by atoms with Crippen molar-refractivity contribution in [3.8, 4) is 17.6 Å². The predicted octanol–water partition coefficient (Wildman–Crippen LogP) is 6.19. The van der Waals surface area contributed by atoms with Crippen molar-refractivity contribution in [3.05, 3.63) is 97.6 Å². The fraction of sp³-hybridized carbons (Fsp3) is 0.185. The van der Waals surface area contributed by atoms with E-state index in [1.807, 2.05) is 54.6 Å². The smallest absolute Gasteiger partial charge is 0.261 e. The van der Waals surface area contributed by atoms with E-state index >= 15 is 0 Å². The lowest BCUT2D eigenvalue weighted by Gasteiger charge is -2.14. The average Bonchev–Trinajstić information content (AvgIpc) is 2.85. The number of hydrogen-bond donors (Lipinski definition) is 1. The van der Waals surface area contributed by atoms with E-state index in [1.165, 1.54) is 5.56 Å². The second-order valence-electron chi connectivity index (χ2n) is 7.46. The molecule has 1 N–H and O–H groups in total. The third kappa shape index (κ3) is 7.51. The maximum absolute atomic E-state index is 12.5. The molecule has 0 fully saturated rings. The molecule has 0 aromatic heterocycles. The number of rotatable bonds is 10. The Balaban J connectivity index is 1.65. The van der Waals surface area contributed by atoms with Gasteiger partial charge in [0.25, 0.3) is 5.91 Å². The summed E-state index contributed by atoms with van der Waals surface area (Å²) >= 11 is 8.09. The first-order chi connectivity index (χ1) is 16.5. The lowest BCUT2D eigenvalue weighted by atomic mass is 10.1. The Hall–Kier alpha value is -3.02. The molecule has 174 valence electrons. The summed E-state index contributed by atoms with van der Waals surface area (Å²) in [5, 5.41) is 13.0. The highest BCUT2D eigenvalue weighted by atomic mass is 127. The Labute approximate surface area is 218 Å². The van der Waals surface area contributed by atoms with Gasteiger partial charge < -0.3 is 14.8 Å². The topological polar surface area (TPSA) is 71.3 Å². The first-order valence-electron chi connectivity index (χ1n) is 10.7. The minimum atomic E-state index is -0.396. The fourth-order valence-electron chi connectivity index (χ4n) is 3.25. The summed E-state index contributed by atoms with van der Waals surface area (Å²) < 4.78 is 12.3. The van der Waals surface area contributed by atoms with Gasteiger partial charge in [-0.05, 0) is 82.5 Å².